The van der Waals surface area contributed by atoms with E-state index in [0.717, 1.165) is 32.1 Å². The Balaban J connectivity index is 1.81. The van der Waals surface area contributed by atoms with Crippen molar-refractivity contribution in [3.63, 3.8) is 0 Å². The smallest absolute Gasteiger partial charge is 0.119 e. The molecule has 2 heteroatoms. The standard InChI is InChI=1S/C20H28O2/c1-3-12-11-20(2)15(9-10-17(20)22)14-8-7-13-5-4-6-16(21)19(13)18(12)14/h4-6,12,14-15,17-18,21-22H,3,7-11H2,1-2H3/t12-,14-,15+,17+,18+,20+/m1/s1. The number of hydrogen-bond acceptors (Lipinski definition) is 2. The van der Waals surface area contributed by atoms with Gasteiger partial charge in [-0.1, -0.05) is 32.4 Å². The Bertz CT molecular complexity index is 581. The zero-order valence-corrected chi connectivity index (χ0v) is 13.8. The van der Waals surface area contributed by atoms with Crippen LogP contribution in [0.3, 0.4) is 0 Å². The van der Waals surface area contributed by atoms with E-state index in [4.69, 9.17) is 0 Å². The van der Waals surface area contributed by atoms with Crippen LogP contribution in [0.1, 0.15) is 63.0 Å². The van der Waals surface area contributed by atoms with Crippen molar-refractivity contribution in [3.05, 3.63) is 29.3 Å². The third-order valence-electron chi connectivity index (χ3n) is 7.33. The van der Waals surface area contributed by atoms with Gasteiger partial charge in [0.1, 0.15) is 5.75 Å². The van der Waals surface area contributed by atoms with E-state index >= 15 is 0 Å². The van der Waals surface area contributed by atoms with Crippen LogP contribution in [-0.2, 0) is 6.42 Å². The molecule has 0 aromatic heterocycles. The maximum Gasteiger partial charge on any atom is 0.119 e. The largest absolute Gasteiger partial charge is 0.508 e. The molecule has 120 valence electrons. The predicted octanol–water partition coefficient (Wildman–Crippen LogP) is 4.25. The SMILES string of the molecule is CC[C@@H]1C[C@]2(C)[C@@H](O)CC[C@H]2[C@H]2CCc3cccc(O)c3[C@@H]12. The van der Waals surface area contributed by atoms with Crippen molar-refractivity contribution in [2.24, 2.45) is 23.2 Å². The summed E-state index contributed by atoms with van der Waals surface area (Å²) in [5, 5.41) is 21.1. The molecule has 0 radical (unpaired) electrons. The van der Waals surface area contributed by atoms with Crippen molar-refractivity contribution in [3.8, 4) is 5.75 Å². The Kier molecular flexibility index (Phi) is 3.30. The molecule has 1 aromatic carbocycles. The van der Waals surface area contributed by atoms with E-state index in [9.17, 15) is 10.2 Å². The molecular weight excluding hydrogens is 272 g/mol. The minimum Gasteiger partial charge on any atom is -0.508 e. The van der Waals surface area contributed by atoms with Crippen molar-refractivity contribution < 1.29 is 10.2 Å². The molecule has 2 saturated carbocycles. The maximum atomic E-state index is 10.6. The molecule has 3 aliphatic rings. The van der Waals surface area contributed by atoms with Gasteiger partial charge in [-0.05, 0) is 72.8 Å². The first-order chi connectivity index (χ1) is 10.6. The lowest BCUT2D eigenvalue weighted by Crippen LogP contribution is -2.47. The van der Waals surface area contributed by atoms with Crippen LogP contribution in [0.4, 0.5) is 0 Å². The van der Waals surface area contributed by atoms with Gasteiger partial charge in [0.05, 0.1) is 6.10 Å². The highest BCUT2D eigenvalue weighted by Gasteiger charge is 2.57. The average Bonchev–Trinajstić information content (AvgIpc) is 2.82. The van der Waals surface area contributed by atoms with Gasteiger partial charge in [0.25, 0.3) is 0 Å². The number of benzene rings is 1. The van der Waals surface area contributed by atoms with Crippen molar-refractivity contribution >= 4 is 0 Å². The number of rotatable bonds is 1. The molecule has 0 heterocycles. The molecule has 6 atom stereocenters. The van der Waals surface area contributed by atoms with Crippen LogP contribution in [0.2, 0.25) is 0 Å². The summed E-state index contributed by atoms with van der Waals surface area (Å²) in [6.45, 7) is 4.61. The Morgan fingerprint density at radius 2 is 2.05 bits per heavy atom. The van der Waals surface area contributed by atoms with E-state index in [1.165, 1.54) is 17.5 Å². The molecule has 0 aliphatic heterocycles. The van der Waals surface area contributed by atoms with Crippen LogP contribution in [-0.4, -0.2) is 16.3 Å². The number of hydrogen-bond donors (Lipinski definition) is 2. The Labute approximate surface area is 133 Å². The van der Waals surface area contributed by atoms with Gasteiger partial charge in [0, 0.05) is 5.56 Å². The fourth-order valence-corrected chi connectivity index (χ4v) is 6.28. The van der Waals surface area contributed by atoms with Gasteiger partial charge in [-0.3, -0.25) is 0 Å². The molecule has 0 amide bonds. The first-order valence-electron chi connectivity index (χ1n) is 9.05. The molecule has 22 heavy (non-hydrogen) atoms. The van der Waals surface area contributed by atoms with E-state index in [1.54, 1.807) is 0 Å². The number of phenolic OH excluding ortho intramolecular Hbond substituents is 1. The van der Waals surface area contributed by atoms with Crippen LogP contribution >= 0.6 is 0 Å². The number of aryl methyl sites for hydroxylation is 1. The maximum absolute atomic E-state index is 10.6. The Hall–Kier alpha value is -1.02. The number of aliphatic hydroxyl groups is 1. The molecule has 0 bridgehead atoms. The fourth-order valence-electron chi connectivity index (χ4n) is 6.28. The minimum atomic E-state index is -0.127. The van der Waals surface area contributed by atoms with E-state index < -0.39 is 0 Å². The van der Waals surface area contributed by atoms with Gasteiger partial charge in [0.15, 0.2) is 0 Å². The normalized spacial score (nSPS) is 43.3. The van der Waals surface area contributed by atoms with Crippen molar-refractivity contribution in [2.75, 3.05) is 0 Å². The Morgan fingerprint density at radius 3 is 2.82 bits per heavy atom. The predicted molar refractivity (Wildman–Crippen MR) is 87.9 cm³/mol. The van der Waals surface area contributed by atoms with E-state index in [2.05, 4.69) is 19.9 Å². The third-order valence-corrected chi connectivity index (χ3v) is 7.33. The first-order valence-corrected chi connectivity index (χ1v) is 9.05. The van der Waals surface area contributed by atoms with E-state index in [0.29, 0.717) is 29.4 Å². The molecule has 2 N–H and O–H groups in total. The Morgan fingerprint density at radius 1 is 1.23 bits per heavy atom. The van der Waals surface area contributed by atoms with Gasteiger partial charge in [-0.15, -0.1) is 0 Å². The highest BCUT2D eigenvalue weighted by molar-refractivity contribution is 5.45. The van der Waals surface area contributed by atoms with Crippen molar-refractivity contribution in [1.29, 1.82) is 0 Å². The summed E-state index contributed by atoms with van der Waals surface area (Å²) < 4.78 is 0. The highest BCUT2D eigenvalue weighted by Crippen LogP contribution is 2.64. The molecular formula is C20H28O2. The van der Waals surface area contributed by atoms with Crippen molar-refractivity contribution in [1.82, 2.24) is 0 Å². The van der Waals surface area contributed by atoms with Gasteiger partial charge >= 0.3 is 0 Å². The lowest BCUT2D eigenvalue weighted by molar-refractivity contribution is -0.0490. The van der Waals surface area contributed by atoms with Crippen molar-refractivity contribution in [2.45, 2.75) is 64.4 Å². The molecule has 0 saturated heterocycles. The molecule has 0 spiro atoms. The lowest BCUT2D eigenvalue weighted by Gasteiger charge is -2.53. The second kappa shape index (κ2) is 4.99. The van der Waals surface area contributed by atoms with E-state index in [1.807, 2.05) is 12.1 Å². The summed E-state index contributed by atoms with van der Waals surface area (Å²) in [6.07, 6.45) is 6.58. The zero-order valence-electron chi connectivity index (χ0n) is 13.8. The van der Waals surface area contributed by atoms with Gasteiger partial charge in [0.2, 0.25) is 0 Å². The molecule has 0 unspecified atom stereocenters. The van der Waals surface area contributed by atoms with Crippen LogP contribution in [0.15, 0.2) is 18.2 Å². The summed E-state index contributed by atoms with van der Waals surface area (Å²) in [6, 6.07) is 6.06. The monoisotopic (exact) mass is 300 g/mol. The molecule has 4 rings (SSSR count). The first kappa shape index (κ1) is 14.6. The second-order valence-corrected chi connectivity index (χ2v) is 8.16. The quantitative estimate of drug-likeness (QED) is 0.814. The van der Waals surface area contributed by atoms with Crippen LogP contribution in [0.5, 0.6) is 5.75 Å². The summed E-state index contributed by atoms with van der Waals surface area (Å²) in [5.41, 5.74) is 2.71. The fraction of sp³-hybridized carbons (Fsp3) is 0.700. The number of aliphatic hydroxyl groups excluding tert-OH is 1. The van der Waals surface area contributed by atoms with Gasteiger partial charge in [-0.2, -0.15) is 0 Å². The molecule has 2 fully saturated rings. The van der Waals surface area contributed by atoms with Crippen LogP contribution < -0.4 is 0 Å². The number of aromatic hydroxyl groups is 1. The topological polar surface area (TPSA) is 40.5 Å². The van der Waals surface area contributed by atoms with Gasteiger partial charge in [-0.25, -0.2) is 0 Å². The summed E-state index contributed by atoms with van der Waals surface area (Å²) >= 11 is 0. The minimum absolute atomic E-state index is 0.101. The summed E-state index contributed by atoms with van der Waals surface area (Å²) in [7, 11) is 0. The number of fused-ring (bicyclic) bond motifs is 5. The zero-order chi connectivity index (χ0) is 15.5. The van der Waals surface area contributed by atoms with Crippen LogP contribution in [0.25, 0.3) is 0 Å². The molecule has 3 aliphatic carbocycles. The number of phenols is 1. The average molecular weight is 300 g/mol. The van der Waals surface area contributed by atoms with Crippen LogP contribution in [0, 0.1) is 23.2 Å². The van der Waals surface area contributed by atoms with E-state index in [-0.39, 0.29) is 11.5 Å². The van der Waals surface area contributed by atoms with Gasteiger partial charge < -0.3 is 10.2 Å². The summed E-state index contributed by atoms with van der Waals surface area (Å²) in [5.74, 6) is 2.86. The third kappa shape index (κ3) is 1.83. The summed E-state index contributed by atoms with van der Waals surface area (Å²) in [4.78, 5) is 0. The highest BCUT2D eigenvalue weighted by atomic mass is 16.3. The molecule has 1 aromatic rings. The lowest BCUT2D eigenvalue weighted by atomic mass is 9.51. The molecule has 2 nitrogen and oxygen atoms in total. The second-order valence-electron chi connectivity index (χ2n) is 8.16.